The number of nitrogens with one attached hydrogen (secondary N) is 1. The van der Waals surface area contributed by atoms with Gasteiger partial charge in [0.1, 0.15) is 12.1 Å². The van der Waals surface area contributed by atoms with Crippen LogP contribution in [0.25, 0.3) is 11.1 Å². The van der Waals surface area contributed by atoms with Crippen LogP contribution >= 0.6 is 0 Å². The Bertz CT molecular complexity index is 1210. The lowest BCUT2D eigenvalue weighted by molar-refractivity contribution is -0.122. The number of fused-ring (bicyclic) bond motifs is 4. The fraction of sp³-hybridized carbons (Fsp3) is 0.217. The summed E-state index contributed by atoms with van der Waals surface area (Å²) in [5.74, 6) is 0.684. The third-order valence-corrected chi connectivity index (χ3v) is 6.05. The zero-order chi connectivity index (χ0) is 20.9. The van der Waals surface area contributed by atoms with Crippen molar-refractivity contribution in [3.63, 3.8) is 0 Å². The van der Waals surface area contributed by atoms with Gasteiger partial charge in [-0.15, -0.1) is 0 Å². The number of hydrogen-bond acceptors (Lipinski definition) is 6. The van der Waals surface area contributed by atoms with E-state index in [1.54, 1.807) is 19.5 Å². The van der Waals surface area contributed by atoms with Crippen LogP contribution in [-0.4, -0.2) is 28.9 Å². The van der Waals surface area contributed by atoms with Crippen LogP contribution in [0, 0.1) is 6.92 Å². The van der Waals surface area contributed by atoms with Crippen LogP contribution in [0.1, 0.15) is 27.8 Å². The predicted octanol–water partition coefficient (Wildman–Crippen LogP) is 2.25. The number of rotatable bonds is 2. The monoisotopic (exact) mass is 399 g/mol. The van der Waals surface area contributed by atoms with Crippen LogP contribution in [0.2, 0.25) is 0 Å². The Hall–Kier alpha value is -3.74. The first kappa shape index (κ1) is 18.3. The smallest absolute Gasteiger partial charge is 0.264 e. The summed E-state index contributed by atoms with van der Waals surface area (Å²) in [5, 5.41) is 2.73. The molecular formula is C23H21N5O2. The van der Waals surface area contributed by atoms with Crippen LogP contribution in [0.3, 0.4) is 0 Å². The summed E-state index contributed by atoms with van der Waals surface area (Å²) in [6, 6.07) is 9.96. The lowest BCUT2D eigenvalue weighted by Gasteiger charge is -2.28. The SMILES string of the molecule is COc1ccc2c(c1C)CCc1ccc(-c3cncnc3)cc1[C@@]21N=C(N)NC1=O. The zero-order valence-corrected chi connectivity index (χ0v) is 16.8. The molecule has 0 bridgehead atoms. The van der Waals surface area contributed by atoms with Crippen molar-refractivity contribution in [1.82, 2.24) is 15.3 Å². The molecule has 1 amide bonds. The van der Waals surface area contributed by atoms with Crippen molar-refractivity contribution in [2.24, 2.45) is 10.7 Å². The number of aromatic nitrogens is 2. The number of nitrogens with zero attached hydrogens (tertiary/aromatic N) is 3. The Morgan fingerprint density at radius 1 is 1.07 bits per heavy atom. The maximum Gasteiger partial charge on any atom is 0.264 e. The Morgan fingerprint density at radius 2 is 1.87 bits per heavy atom. The quantitative estimate of drug-likeness (QED) is 0.688. The second kappa shape index (κ2) is 6.66. The Kier molecular flexibility index (Phi) is 4.06. The average Bonchev–Trinajstić information content (AvgIpc) is 2.99. The fourth-order valence-electron chi connectivity index (χ4n) is 4.61. The number of methoxy groups -OCH3 is 1. The first-order chi connectivity index (χ1) is 14.5. The van der Waals surface area contributed by atoms with Gasteiger partial charge in [-0.2, -0.15) is 0 Å². The van der Waals surface area contributed by atoms with Gasteiger partial charge in [0.05, 0.1) is 7.11 Å². The van der Waals surface area contributed by atoms with E-state index in [1.807, 2.05) is 31.2 Å². The Morgan fingerprint density at radius 3 is 2.57 bits per heavy atom. The molecule has 2 heterocycles. The van der Waals surface area contributed by atoms with E-state index in [9.17, 15) is 4.79 Å². The predicted molar refractivity (Wildman–Crippen MR) is 113 cm³/mol. The number of hydrogen-bond donors (Lipinski definition) is 2. The minimum absolute atomic E-state index is 0.126. The van der Waals surface area contributed by atoms with Crippen LogP contribution in [0.4, 0.5) is 0 Å². The second-order valence-corrected chi connectivity index (χ2v) is 7.58. The molecule has 3 aromatic rings. The van der Waals surface area contributed by atoms with Crippen molar-refractivity contribution in [2.75, 3.05) is 7.11 Å². The molecule has 0 saturated heterocycles. The number of aryl methyl sites for hydroxylation is 1. The van der Waals surface area contributed by atoms with Crippen molar-refractivity contribution in [1.29, 1.82) is 0 Å². The van der Waals surface area contributed by atoms with E-state index in [0.29, 0.717) is 0 Å². The standard InChI is InChI=1S/C23H21N5O2/c1-13-17-6-5-14-3-4-15(16-10-25-12-26-11-16)9-19(14)23(21(29)27-22(24)28-23)18(17)7-8-20(13)30-2/h3-4,7-12H,5-6H2,1-2H3,(H3,24,27,28,29)/t23-/m0/s1. The maximum atomic E-state index is 13.4. The third kappa shape index (κ3) is 2.51. The number of guanidine groups is 1. The third-order valence-electron chi connectivity index (χ3n) is 6.05. The number of carbonyl (C=O) groups excluding carboxylic acids is 1. The molecule has 0 unspecified atom stereocenters. The molecule has 1 aliphatic carbocycles. The molecule has 0 fully saturated rings. The molecule has 2 aromatic carbocycles. The molecule has 0 saturated carbocycles. The van der Waals surface area contributed by atoms with E-state index in [2.05, 4.69) is 21.4 Å². The first-order valence-electron chi connectivity index (χ1n) is 9.77. The summed E-state index contributed by atoms with van der Waals surface area (Å²) >= 11 is 0. The molecule has 1 aromatic heterocycles. The number of amides is 1. The van der Waals surface area contributed by atoms with Gasteiger partial charge < -0.3 is 10.5 Å². The van der Waals surface area contributed by atoms with E-state index < -0.39 is 5.54 Å². The maximum absolute atomic E-state index is 13.4. The zero-order valence-electron chi connectivity index (χ0n) is 16.8. The van der Waals surface area contributed by atoms with Crippen LogP contribution < -0.4 is 15.8 Å². The highest BCUT2D eigenvalue weighted by atomic mass is 16.5. The van der Waals surface area contributed by atoms with Gasteiger partial charge in [0.25, 0.3) is 5.91 Å². The summed E-state index contributed by atoms with van der Waals surface area (Å²) in [5.41, 5.74) is 11.4. The molecule has 7 nitrogen and oxygen atoms in total. The Labute approximate surface area is 174 Å². The summed E-state index contributed by atoms with van der Waals surface area (Å²) < 4.78 is 5.53. The van der Waals surface area contributed by atoms with E-state index in [-0.39, 0.29) is 11.9 Å². The van der Waals surface area contributed by atoms with E-state index in [0.717, 1.165) is 57.5 Å². The summed E-state index contributed by atoms with van der Waals surface area (Å²) in [7, 11) is 1.66. The van der Waals surface area contributed by atoms with E-state index in [4.69, 9.17) is 15.5 Å². The molecular weight excluding hydrogens is 378 g/mol. The Balaban J connectivity index is 1.82. The number of nitrogens with two attached hydrogens (primary N) is 1. The lowest BCUT2D eigenvalue weighted by Crippen LogP contribution is -2.40. The van der Waals surface area contributed by atoms with Crippen molar-refractivity contribution in [3.05, 3.63) is 76.9 Å². The van der Waals surface area contributed by atoms with Crippen LogP contribution in [-0.2, 0) is 23.2 Å². The molecule has 5 rings (SSSR count). The van der Waals surface area contributed by atoms with Gasteiger partial charge in [0.15, 0.2) is 11.5 Å². The van der Waals surface area contributed by atoms with E-state index in [1.165, 1.54) is 6.33 Å². The average molecular weight is 399 g/mol. The molecule has 0 radical (unpaired) electrons. The van der Waals surface area contributed by atoms with Crippen LogP contribution in [0.5, 0.6) is 5.75 Å². The van der Waals surface area contributed by atoms with Gasteiger partial charge in [0.2, 0.25) is 0 Å². The fourth-order valence-corrected chi connectivity index (χ4v) is 4.61. The first-order valence-corrected chi connectivity index (χ1v) is 9.77. The molecule has 2 aliphatic rings. The van der Waals surface area contributed by atoms with Gasteiger partial charge in [-0.1, -0.05) is 18.2 Å². The molecule has 1 atom stereocenters. The molecule has 3 N–H and O–H groups in total. The highest BCUT2D eigenvalue weighted by Crippen LogP contribution is 2.46. The van der Waals surface area contributed by atoms with Crippen molar-refractivity contribution < 1.29 is 9.53 Å². The molecule has 30 heavy (non-hydrogen) atoms. The molecule has 7 heteroatoms. The summed E-state index contributed by atoms with van der Waals surface area (Å²) in [6.07, 6.45) is 6.58. The number of aliphatic imine (C=N–C) groups is 1. The number of benzene rings is 2. The topological polar surface area (TPSA) is 102 Å². The van der Waals surface area contributed by atoms with Gasteiger partial charge in [-0.25, -0.2) is 15.0 Å². The second-order valence-electron chi connectivity index (χ2n) is 7.58. The molecule has 1 spiro atoms. The minimum atomic E-state index is -1.23. The van der Waals surface area contributed by atoms with Gasteiger partial charge >= 0.3 is 0 Å². The van der Waals surface area contributed by atoms with Crippen molar-refractivity contribution >= 4 is 11.9 Å². The minimum Gasteiger partial charge on any atom is -0.496 e. The van der Waals surface area contributed by atoms with Crippen molar-refractivity contribution in [2.45, 2.75) is 25.3 Å². The van der Waals surface area contributed by atoms with Gasteiger partial charge in [-0.3, -0.25) is 10.1 Å². The summed E-state index contributed by atoms with van der Waals surface area (Å²) in [6.45, 7) is 2.02. The van der Waals surface area contributed by atoms with E-state index >= 15 is 0 Å². The molecule has 150 valence electrons. The number of carbonyl (C=O) groups is 1. The van der Waals surface area contributed by atoms with Crippen molar-refractivity contribution in [3.8, 4) is 16.9 Å². The molecule has 1 aliphatic heterocycles. The lowest BCUT2D eigenvalue weighted by atomic mass is 9.78. The van der Waals surface area contributed by atoms with Gasteiger partial charge in [0, 0.05) is 18.0 Å². The number of ether oxygens (including phenoxy) is 1. The highest BCUT2D eigenvalue weighted by molar-refractivity contribution is 6.09. The summed E-state index contributed by atoms with van der Waals surface area (Å²) in [4.78, 5) is 26.3. The largest absolute Gasteiger partial charge is 0.496 e. The normalized spacial score (nSPS) is 19.5. The highest BCUT2D eigenvalue weighted by Gasteiger charge is 2.50. The van der Waals surface area contributed by atoms with Crippen LogP contribution in [0.15, 0.2) is 54.0 Å². The van der Waals surface area contributed by atoms with Gasteiger partial charge in [-0.05, 0) is 65.3 Å².